The fraction of sp³-hybridized carbons (Fsp3) is 0.167. The van der Waals surface area contributed by atoms with Crippen LogP contribution >= 0.6 is 0 Å². The highest BCUT2D eigenvalue weighted by Crippen LogP contribution is 2.32. The molecule has 1 aromatic carbocycles. The summed E-state index contributed by atoms with van der Waals surface area (Å²) >= 11 is 0. The van der Waals surface area contributed by atoms with E-state index in [1.807, 2.05) is 14.0 Å². The Morgan fingerprint density at radius 2 is 1.86 bits per heavy atom. The molecule has 0 saturated heterocycles. The summed E-state index contributed by atoms with van der Waals surface area (Å²) in [5.41, 5.74) is 3.58. The maximum absolute atomic E-state index is 9.64. The summed E-state index contributed by atoms with van der Waals surface area (Å²) in [5.74, 6) is 0.273. The van der Waals surface area contributed by atoms with E-state index in [9.17, 15) is 5.11 Å². The van der Waals surface area contributed by atoms with Gasteiger partial charge in [0.05, 0.1) is 0 Å². The van der Waals surface area contributed by atoms with E-state index in [0.29, 0.717) is 0 Å². The lowest BCUT2D eigenvalue weighted by Gasteiger charge is -2.13. The summed E-state index contributed by atoms with van der Waals surface area (Å²) in [6, 6.07) is 1.69. The zero-order chi connectivity index (χ0) is 10.7. The van der Waals surface area contributed by atoms with E-state index in [4.69, 9.17) is 0 Å². The van der Waals surface area contributed by atoms with Crippen molar-refractivity contribution in [2.45, 2.75) is 6.92 Å². The molecule has 74 valence electrons. The van der Waals surface area contributed by atoms with E-state index in [1.165, 1.54) is 0 Å². The standard InChI is InChI=1S/C12H15NO/c1-5-9-8(3)12(14)7-11(13-4)10(9)6-2/h5-7,13-14H,1-2H2,3-4H3. The SMILES string of the molecule is C=Cc1c(NC)cc(O)c(C)c1C=C. The first kappa shape index (κ1) is 10.4. The van der Waals surface area contributed by atoms with E-state index in [-0.39, 0.29) is 5.75 Å². The molecule has 1 aromatic rings. The summed E-state index contributed by atoms with van der Waals surface area (Å²) in [6.45, 7) is 9.34. The molecule has 0 saturated carbocycles. The van der Waals surface area contributed by atoms with Gasteiger partial charge in [-0.1, -0.05) is 25.3 Å². The number of phenols is 1. The summed E-state index contributed by atoms with van der Waals surface area (Å²) in [7, 11) is 1.81. The third-order valence-electron chi connectivity index (χ3n) is 2.33. The highest BCUT2D eigenvalue weighted by Gasteiger charge is 2.09. The number of anilines is 1. The summed E-state index contributed by atoms with van der Waals surface area (Å²) < 4.78 is 0. The quantitative estimate of drug-likeness (QED) is 0.766. The molecule has 0 amide bonds. The van der Waals surface area contributed by atoms with Gasteiger partial charge in [0.1, 0.15) is 5.75 Å². The minimum Gasteiger partial charge on any atom is -0.508 e. The lowest BCUT2D eigenvalue weighted by Crippen LogP contribution is -1.96. The van der Waals surface area contributed by atoms with Gasteiger partial charge in [-0.15, -0.1) is 0 Å². The molecular weight excluding hydrogens is 174 g/mol. The number of rotatable bonds is 3. The minimum absolute atomic E-state index is 0.273. The average molecular weight is 189 g/mol. The number of hydrogen-bond donors (Lipinski definition) is 2. The maximum Gasteiger partial charge on any atom is 0.121 e. The molecule has 0 aliphatic heterocycles. The maximum atomic E-state index is 9.64. The van der Waals surface area contributed by atoms with Crippen molar-refractivity contribution in [3.63, 3.8) is 0 Å². The van der Waals surface area contributed by atoms with Crippen LogP contribution in [0.3, 0.4) is 0 Å². The monoisotopic (exact) mass is 189 g/mol. The van der Waals surface area contributed by atoms with Crippen LogP contribution in [0.25, 0.3) is 12.2 Å². The highest BCUT2D eigenvalue weighted by molar-refractivity contribution is 5.78. The second kappa shape index (κ2) is 4.01. The van der Waals surface area contributed by atoms with Crippen LogP contribution in [-0.2, 0) is 0 Å². The molecule has 0 unspecified atom stereocenters. The zero-order valence-electron chi connectivity index (χ0n) is 8.59. The molecule has 14 heavy (non-hydrogen) atoms. The van der Waals surface area contributed by atoms with Gasteiger partial charge in [-0.3, -0.25) is 0 Å². The Morgan fingerprint density at radius 1 is 1.29 bits per heavy atom. The van der Waals surface area contributed by atoms with Crippen LogP contribution in [0.2, 0.25) is 0 Å². The third-order valence-corrected chi connectivity index (χ3v) is 2.33. The molecule has 0 heterocycles. The summed E-state index contributed by atoms with van der Waals surface area (Å²) in [6.07, 6.45) is 3.49. The van der Waals surface area contributed by atoms with Crippen molar-refractivity contribution < 1.29 is 5.11 Å². The first-order chi connectivity index (χ1) is 6.65. The fourth-order valence-electron chi connectivity index (χ4n) is 1.50. The van der Waals surface area contributed by atoms with Gasteiger partial charge in [-0.25, -0.2) is 0 Å². The van der Waals surface area contributed by atoms with Crippen molar-refractivity contribution in [1.82, 2.24) is 0 Å². The Labute approximate surface area is 84.6 Å². The van der Waals surface area contributed by atoms with Gasteiger partial charge in [-0.05, 0) is 18.1 Å². The van der Waals surface area contributed by atoms with Crippen molar-refractivity contribution >= 4 is 17.8 Å². The number of phenolic OH excluding ortho intramolecular Hbond substituents is 1. The Bertz CT molecular complexity index is 380. The van der Waals surface area contributed by atoms with Crippen molar-refractivity contribution in [2.75, 3.05) is 12.4 Å². The Hall–Kier alpha value is -1.70. The van der Waals surface area contributed by atoms with Crippen LogP contribution in [0.4, 0.5) is 5.69 Å². The molecule has 2 heteroatoms. The molecule has 0 spiro atoms. The third kappa shape index (κ3) is 1.51. The molecule has 0 aliphatic carbocycles. The predicted octanol–water partition coefficient (Wildman–Crippen LogP) is 3.03. The van der Waals surface area contributed by atoms with Gasteiger partial charge in [0.15, 0.2) is 0 Å². The van der Waals surface area contributed by atoms with Crippen molar-refractivity contribution in [3.8, 4) is 5.75 Å². The molecule has 2 N–H and O–H groups in total. The van der Waals surface area contributed by atoms with Crippen LogP contribution in [0.5, 0.6) is 5.75 Å². The zero-order valence-corrected chi connectivity index (χ0v) is 8.59. The molecular formula is C12H15NO. The van der Waals surface area contributed by atoms with E-state index in [2.05, 4.69) is 18.5 Å². The number of aromatic hydroxyl groups is 1. The lowest BCUT2D eigenvalue weighted by atomic mass is 9.99. The van der Waals surface area contributed by atoms with Crippen molar-refractivity contribution in [3.05, 3.63) is 35.9 Å². The van der Waals surface area contributed by atoms with E-state index in [1.54, 1.807) is 18.2 Å². The molecule has 0 aliphatic rings. The highest BCUT2D eigenvalue weighted by atomic mass is 16.3. The lowest BCUT2D eigenvalue weighted by molar-refractivity contribution is 0.471. The second-order valence-electron chi connectivity index (χ2n) is 3.05. The van der Waals surface area contributed by atoms with E-state index < -0.39 is 0 Å². The van der Waals surface area contributed by atoms with E-state index >= 15 is 0 Å². The smallest absolute Gasteiger partial charge is 0.121 e. The van der Waals surface area contributed by atoms with Gasteiger partial charge < -0.3 is 10.4 Å². The Balaban J connectivity index is 3.57. The normalized spacial score (nSPS) is 9.57. The molecule has 0 atom stereocenters. The molecule has 0 radical (unpaired) electrons. The van der Waals surface area contributed by atoms with Gasteiger partial charge in [0.2, 0.25) is 0 Å². The summed E-state index contributed by atoms with van der Waals surface area (Å²) in [4.78, 5) is 0. The van der Waals surface area contributed by atoms with Gasteiger partial charge in [0.25, 0.3) is 0 Å². The predicted molar refractivity (Wildman–Crippen MR) is 62.6 cm³/mol. The molecule has 0 aromatic heterocycles. The largest absolute Gasteiger partial charge is 0.508 e. The number of nitrogens with one attached hydrogen (secondary N) is 1. The van der Waals surface area contributed by atoms with Crippen LogP contribution in [0, 0.1) is 6.92 Å². The molecule has 0 fully saturated rings. The number of benzene rings is 1. The number of hydrogen-bond acceptors (Lipinski definition) is 2. The van der Waals surface area contributed by atoms with Crippen LogP contribution < -0.4 is 5.32 Å². The molecule has 2 nitrogen and oxygen atoms in total. The van der Waals surface area contributed by atoms with Crippen molar-refractivity contribution in [2.24, 2.45) is 0 Å². The summed E-state index contributed by atoms with van der Waals surface area (Å²) in [5, 5.41) is 12.7. The Morgan fingerprint density at radius 3 is 2.29 bits per heavy atom. The van der Waals surface area contributed by atoms with Crippen LogP contribution in [0.1, 0.15) is 16.7 Å². The molecule has 1 rings (SSSR count). The van der Waals surface area contributed by atoms with Gasteiger partial charge in [0, 0.05) is 24.4 Å². The minimum atomic E-state index is 0.273. The topological polar surface area (TPSA) is 32.3 Å². The first-order valence-corrected chi connectivity index (χ1v) is 4.44. The molecule has 0 bridgehead atoms. The van der Waals surface area contributed by atoms with Gasteiger partial charge in [-0.2, -0.15) is 0 Å². The van der Waals surface area contributed by atoms with E-state index in [0.717, 1.165) is 22.4 Å². The van der Waals surface area contributed by atoms with Crippen LogP contribution in [-0.4, -0.2) is 12.2 Å². The van der Waals surface area contributed by atoms with Crippen LogP contribution in [0.15, 0.2) is 19.2 Å². The first-order valence-electron chi connectivity index (χ1n) is 4.44. The van der Waals surface area contributed by atoms with Crippen molar-refractivity contribution in [1.29, 1.82) is 0 Å². The second-order valence-corrected chi connectivity index (χ2v) is 3.05. The van der Waals surface area contributed by atoms with Gasteiger partial charge >= 0.3 is 0 Å². The Kier molecular flexibility index (Phi) is 2.97. The average Bonchev–Trinajstić information content (AvgIpc) is 2.20. The fourth-order valence-corrected chi connectivity index (χ4v) is 1.50.